The average molecular weight is 327 g/mol. The Labute approximate surface area is 139 Å². The van der Waals surface area contributed by atoms with Crippen LogP contribution in [0.2, 0.25) is 0 Å². The highest BCUT2D eigenvalue weighted by Gasteiger charge is 2.23. The Morgan fingerprint density at radius 3 is 2.50 bits per heavy atom. The number of nitrogens with two attached hydrogens (primary N) is 1. The molecule has 3 N–H and O–H groups in total. The Morgan fingerprint density at radius 1 is 1.21 bits per heavy atom. The fourth-order valence-corrected chi connectivity index (χ4v) is 3.34. The van der Waals surface area contributed by atoms with Gasteiger partial charge in [0.25, 0.3) is 5.56 Å². The van der Waals surface area contributed by atoms with Crippen molar-refractivity contribution < 1.29 is 9.90 Å². The lowest BCUT2D eigenvalue weighted by Gasteiger charge is -2.22. The van der Waals surface area contributed by atoms with Crippen LogP contribution >= 0.6 is 0 Å². The molecule has 0 bridgehead atoms. The SMILES string of the molecule is Nc1c(C(=O)O)c(-c2ccccc2)nn(CC2CCCCC2)c1=O. The molecule has 24 heavy (non-hydrogen) atoms. The molecule has 2 aromatic rings. The van der Waals surface area contributed by atoms with Gasteiger partial charge in [-0.2, -0.15) is 5.10 Å². The number of nitrogens with zero attached hydrogens (tertiary/aromatic N) is 2. The zero-order chi connectivity index (χ0) is 17.1. The number of anilines is 1. The summed E-state index contributed by atoms with van der Waals surface area (Å²) in [5, 5.41) is 13.8. The van der Waals surface area contributed by atoms with Gasteiger partial charge in [-0.1, -0.05) is 49.6 Å². The lowest BCUT2D eigenvalue weighted by Crippen LogP contribution is -2.32. The van der Waals surface area contributed by atoms with Crippen LogP contribution in [0.25, 0.3) is 11.3 Å². The fourth-order valence-electron chi connectivity index (χ4n) is 3.34. The zero-order valence-corrected chi connectivity index (χ0v) is 13.4. The second-order valence-electron chi connectivity index (χ2n) is 6.30. The largest absolute Gasteiger partial charge is 0.478 e. The van der Waals surface area contributed by atoms with Crippen molar-refractivity contribution >= 4 is 11.7 Å². The minimum Gasteiger partial charge on any atom is -0.478 e. The van der Waals surface area contributed by atoms with Crippen LogP contribution in [-0.2, 0) is 6.54 Å². The van der Waals surface area contributed by atoms with E-state index in [0.717, 1.165) is 25.7 Å². The van der Waals surface area contributed by atoms with E-state index in [1.807, 2.05) is 6.07 Å². The number of carboxylic acid groups (broad SMARTS) is 1. The molecule has 3 rings (SSSR count). The Hall–Kier alpha value is -2.63. The lowest BCUT2D eigenvalue weighted by atomic mass is 9.89. The summed E-state index contributed by atoms with van der Waals surface area (Å²) in [5.41, 5.74) is 5.78. The van der Waals surface area contributed by atoms with E-state index in [1.165, 1.54) is 11.1 Å². The van der Waals surface area contributed by atoms with E-state index in [2.05, 4.69) is 5.10 Å². The summed E-state index contributed by atoms with van der Waals surface area (Å²) < 4.78 is 1.35. The number of hydrogen-bond donors (Lipinski definition) is 2. The van der Waals surface area contributed by atoms with Crippen LogP contribution in [0.15, 0.2) is 35.1 Å². The van der Waals surface area contributed by atoms with Gasteiger partial charge in [0.05, 0.1) is 0 Å². The monoisotopic (exact) mass is 327 g/mol. The summed E-state index contributed by atoms with van der Waals surface area (Å²) in [6.07, 6.45) is 5.68. The minimum absolute atomic E-state index is 0.217. The average Bonchev–Trinajstić information content (AvgIpc) is 2.60. The van der Waals surface area contributed by atoms with Gasteiger partial charge in [-0.3, -0.25) is 4.79 Å². The molecule has 6 heteroatoms. The van der Waals surface area contributed by atoms with E-state index >= 15 is 0 Å². The molecular weight excluding hydrogens is 306 g/mol. The molecule has 6 nitrogen and oxygen atoms in total. The minimum atomic E-state index is -1.24. The smallest absolute Gasteiger partial charge is 0.340 e. The summed E-state index contributed by atoms with van der Waals surface area (Å²) in [6.45, 7) is 0.489. The first kappa shape index (κ1) is 16.2. The molecule has 1 aliphatic carbocycles. The highest BCUT2D eigenvalue weighted by molar-refractivity contribution is 5.99. The molecule has 0 aliphatic heterocycles. The van der Waals surface area contributed by atoms with Gasteiger partial charge in [0.1, 0.15) is 16.9 Å². The zero-order valence-electron chi connectivity index (χ0n) is 13.4. The number of rotatable bonds is 4. The van der Waals surface area contributed by atoms with E-state index in [9.17, 15) is 14.7 Å². The van der Waals surface area contributed by atoms with E-state index < -0.39 is 11.5 Å². The van der Waals surface area contributed by atoms with Crippen LogP contribution in [0.4, 0.5) is 5.69 Å². The number of benzene rings is 1. The van der Waals surface area contributed by atoms with Gasteiger partial charge in [-0.15, -0.1) is 0 Å². The number of hydrogen-bond acceptors (Lipinski definition) is 4. The van der Waals surface area contributed by atoms with Crippen LogP contribution in [0.5, 0.6) is 0 Å². The van der Waals surface area contributed by atoms with Gasteiger partial charge in [0.2, 0.25) is 0 Å². The van der Waals surface area contributed by atoms with Crippen molar-refractivity contribution in [1.82, 2.24) is 9.78 Å². The lowest BCUT2D eigenvalue weighted by molar-refractivity contribution is 0.0698. The number of nitrogen functional groups attached to an aromatic ring is 1. The maximum absolute atomic E-state index is 12.5. The number of carbonyl (C=O) groups is 1. The van der Waals surface area contributed by atoms with Gasteiger partial charge in [0, 0.05) is 12.1 Å². The molecule has 126 valence electrons. The second kappa shape index (κ2) is 6.86. The van der Waals surface area contributed by atoms with Crippen molar-refractivity contribution in [2.24, 2.45) is 5.92 Å². The van der Waals surface area contributed by atoms with Crippen molar-refractivity contribution in [2.75, 3.05) is 5.73 Å². The molecule has 1 aromatic heterocycles. The van der Waals surface area contributed by atoms with Crippen molar-refractivity contribution in [2.45, 2.75) is 38.6 Å². The van der Waals surface area contributed by atoms with Gasteiger partial charge in [-0.25, -0.2) is 9.48 Å². The third-order valence-corrected chi connectivity index (χ3v) is 4.61. The summed E-state index contributed by atoms with van der Waals surface area (Å²) in [7, 11) is 0. The second-order valence-corrected chi connectivity index (χ2v) is 6.30. The van der Waals surface area contributed by atoms with Gasteiger partial charge < -0.3 is 10.8 Å². The Kier molecular flexibility index (Phi) is 4.64. The maximum atomic E-state index is 12.5. The standard InChI is InChI=1S/C18H21N3O3/c19-15-14(18(23)24)16(13-9-5-2-6-10-13)20-21(17(15)22)11-12-7-3-1-4-8-12/h2,5-6,9-10,12H,1,3-4,7-8,11,19H2,(H,23,24). The third-order valence-electron chi connectivity index (χ3n) is 4.61. The number of aromatic nitrogens is 2. The van der Waals surface area contributed by atoms with Crippen LogP contribution in [0.1, 0.15) is 42.5 Å². The summed E-state index contributed by atoms with van der Waals surface area (Å²) >= 11 is 0. The molecule has 1 fully saturated rings. The topological polar surface area (TPSA) is 98.2 Å². The fraction of sp³-hybridized carbons (Fsp3) is 0.389. The molecule has 0 radical (unpaired) electrons. The molecule has 1 aromatic carbocycles. The van der Waals surface area contributed by atoms with Crippen molar-refractivity contribution in [3.8, 4) is 11.3 Å². The van der Waals surface area contributed by atoms with Gasteiger partial charge in [0.15, 0.2) is 0 Å². The highest BCUT2D eigenvalue weighted by atomic mass is 16.4. The van der Waals surface area contributed by atoms with Crippen molar-refractivity contribution in [3.05, 3.63) is 46.2 Å². The van der Waals surface area contributed by atoms with Crippen LogP contribution < -0.4 is 11.3 Å². The molecule has 1 aliphatic rings. The highest BCUT2D eigenvalue weighted by Crippen LogP contribution is 2.26. The Bertz CT molecular complexity index is 793. The molecule has 0 atom stereocenters. The molecule has 1 heterocycles. The molecule has 0 amide bonds. The predicted molar refractivity (Wildman–Crippen MR) is 91.9 cm³/mol. The molecule has 0 saturated heterocycles. The molecule has 0 spiro atoms. The van der Waals surface area contributed by atoms with Crippen LogP contribution in [0.3, 0.4) is 0 Å². The summed E-state index contributed by atoms with van der Waals surface area (Å²) in [4.78, 5) is 24.1. The number of aromatic carboxylic acids is 1. The molecule has 1 saturated carbocycles. The van der Waals surface area contributed by atoms with Gasteiger partial charge >= 0.3 is 5.97 Å². The third kappa shape index (κ3) is 3.18. The predicted octanol–water partition coefficient (Wildman–Crippen LogP) is 2.77. The molecule has 0 unspecified atom stereocenters. The molecular formula is C18H21N3O3. The van der Waals surface area contributed by atoms with Crippen molar-refractivity contribution in [1.29, 1.82) is 0 Å². The van der Waals surface area contributed by atoms with E-state index in [1.54, 1.807) is 24.3 Å². The van der Waals surface area contributed by atoms with Gasteiger partial charge in [-0.05, 0) is 18.8 Å². The van der Waals surface area contributed by atoms with E-state index in [-0.39, 0.29) is 16.9 Å². The summed E-state index contributed by atoms with van der Waals surface area (Å²) in [6, 6.07) is 8.98. The Morgan fingerprint density at radius 2 is 1.88 bits per heavy atom. The first-order chi connectivity index (χ1) is 11.6. The van der Waals surface area contributed by atoms with Crippen molar-refractivity contribution in [3.63, 3.8) is 0 Å². The first-order valence-corrected chi connectivity index (χ1v) is 8.27. The quantitative estimate of drug-likeness (QED) is 0.899. The van der Waals surface area contributed by atoms with Crippen LogP contribution in [0, 0.1) is 5.92 Å². The maximum Gasteiger partial charge on any atom is 0.340 e. The summed E-state index contributed by atoms with van der Waals surface area (Å²) in [5.74, 6) is -0.844. The first-order valence-electron chi connectivity index (χ1n) is 8.27. The van der Waals surface area contributed by atoms with Crippen LogP contribution in [-0.4, -0.2) is 20.9 Å². The Balaban J connectivity index is 2.09. The van der Waals surface area contributed by atoms with E-state index in [4.69, 9.17) is 5.73 Å². The number of carboxylic acids is 1. The normalized spacial score (nSPS) is 15.3. The van der Waals surface area contributed by atoms with E-state index in [0.29, 0.717) is 18.0 Å².